The van der Waals surface area contributed by atoms with E-state index in [1.165, 1.54) is 5.56 Å². The molecule has 0 bridgehead atoms. The third-order valence-electron chi connectivity index (χ3n) is 3.04. The van der Waals surface area contributed by atoms with Crippen molar-refractivity contribution >= 4 is 11.0 Å². The van der Waals surface area contributed by atoms with Crippen molar-refractivity contribution in [2.45, 2.75) is 13.3 Å². The van der Waals surface area contributed by atoms with Crippen molar-refractivity contribution < 1.29 is 0 Å². The zero-order valence-electron chi connectivity index (χ0n) is 10.8. The van der Waals surface area contributed by atoms with Crippen LogP contribution in [0.15, 0.2) is 48.8 Å². The lowest BCUT2D eigenvalue weighted by atomic mass is 10.1. The molecule has 1 N–H and O–H groups in total. The molecular weight excluding hydrogens is 232 g/mol. The number of rotatable bonds is 1. The van der Waals surface area contributed by atoms with Crippen molar-refractivity contribution in [3.05, 3.63) is 54.4 Å². The van der Waals surface area contributed by atoms with Gasteiger partial charge in [-0.05, 0) is 11.6 Å². The quantitative estimate of drug-likeness (QED) is 0.646. The van der Waals surface area contributed by atoms with Crippen molar-refractivity contribution in [2.24, 2.45) is 0 Å². The van der Waals surface area contributed by atoms with Crippen LogP contribution in [0.4, 0.5) is 0 Å². The summed E-state index contributed by atoms with van der Waals surface area (Å²) in [6, 6.07) is 12.4. The molecule has 0 fully saturated rings. The summed E-state index contributed by atoms with van der Waals surface area (Å²) in [7, 11) is 0. The molecule has 3 aromatic rings. The van der Waals surface area contributed by atoms with Crippen LogP contribution < -0.4 is 0 Å². The molecule has 92 valence electrons. The van der Waals surface area contributed by atoms with Crippen molar-refractivity contribution in [1.82, 2.24) is 9.97 Å². The van der Waals surface area contributed by atoms with Crippen LogP contribution >= 0.6 is 0 Å². The molecule has 2 nitrogen and oxygen atoms in total. The van der Waals surface area contributed by atoms with E-state index < -0.39 is 0 Å². The Morgan fingerprint density at radius 2 is 2.00 bits per heavy atom. The van der Waals surface area contributed by atoms with Gasteiger partial charge in [-0.3, -0.25) is 0 Å². The van der Waals surface area contributed by atoms with Crippen molar-refractivity contribution in [2.75, 3.05) is 0 Å². The Labute approximate surface area is 112 Å². The number of hydrogen-bond donors (Lipinski definition) is 1. The SMILES string of the molecule is CCC#Cc1c[nH]c2ncc(-c3ccccc3)cc12. The zero-order chi connectivity index (χ0) is 13.1. The smallest absolute Gasteiger partial charge is 0.138 e. The summed E-state index contributed by atoms with van der Waals surface area (Å²) in [4.78, 5) is 7.63. The van der Waals surface area contributed by atoms with Gasteiger partial charge in [0, 0.05) is 29.8 Å². The second-order valence-corrected chi connectivity index (χ2v) is 4.34. The van der Waals surface area contributed by atoms with Gasteiger partial charge in [-0.15, -0.1) is 0 Å². The molecule has 0 amide bonds. The molecule has 0 aliphatic heterocycles. The molecule has 0 aliphatic carbocycles. The Balaban J connectivity index is 2.14. The number of benzene rings is 1. The van der Waals surface area contributed by atoms with E-state index in [9.17, 15) is 0 Å². The first-order chi connectivity index (χ1) is 9.38. The monoisotopic (exact) mass is 246 g/mol. The summed E-state index contributed by atoms with van der Waals surface area (Å²) in [6.45, 7) is 2.05. The van der Waals surface area contributed by atoms with Crippen LogP contribution in [-0.4, -0.2) is 9.97 Å². The Morgan fingerprint density at radius 3 is 2.79 bits per heavy atom. The molecular formula is C17H14N2. The second-order valence-electron chi connectivity index (χ2n) is 4.34. The number of H-pyrrole nitrogens is 1. The lowest BCUT2D eigenvalue weighted by Crippen LogP contribution is -1.82. The highest BCUT2D eigenvalue weighted by Crippen LogP contribution is 2.24. The zero-order valence-corrected chi connectivity index (χ0v) is 10.8. The average Bonchev–Trinajstić information content (AvgIpc) is 2.88. The number of aromatic amines is 1. The minimum Gasteiger partial charge on any atom is -0.345 e. The predicted octanol–water partition coefficient (Wildman–Crippen LogP) is 3.99. The number of hydrogen-bond acceptors (Lipinski definition) is 1. The van der Waals surface area contributed by atoms with Gasteiger partial charge in [-0.1, -0.05) is 49.1 Å². The van der Waals surface area contributed by atoms with E-state index in [0.29, 0.717) is 0 Å². The van der Waals surface area contributed by atoms with Gasteiger partial charge in [-0.25, -0.2) is 4.98 Å². The van der Waals surface area contributed by atoms with Crippen LogP contribution in [0.2, 0.25) is 0 Å². The highest BCUT2D eigenvalue weighted by atomic mass is 14.8. The van der Waals surface area contributed by atoms with Gasteiger partial charge in [0.1, 0.15) is 5.65 Å². The lowest BCUT2D eigenvalue weighted by Gasteiger charge is -2.01. The summed E-state index contributed by atoms with van der Waals surface area (Å²) in [5, 5.41) is 1.09. The van der Waals surface area contributed by atoms with Crippen LogP contribution in [0, 0.1) is 11.8 Å². The summed E-state index contributed by atoms with van der Waals surface area (Å²) in [5.41, 5.74) is 4.20. The summed E-state index contributed by atoms with van der Waals surface area (Å²) >= 11 is 0. The third kappa shape index (κ3) is 2.23. The molecule has 0 atom stereocenters. The topological polar surface area (TPSA) is 28.7 Å². The Kier molecular flexibility index (Phi) is 3.04. The van der Waals surface area contributed by atoms with Gasteiger partial charge in [0.2, 0.25) is 0 Å². The minimum absolute atomic E-state index is 0.860. The molecule has 2 aromatic heterocycles. The van der Waals surface area contributed by atoms with Gasteiger partial charge in [0.15, 0.2) is 0 Å². The number of nitrogens with one attached hydrogen (secondary N) is 1. The van der Waals surface area contributed by atoms with Gasteiger partial charge in [0.05, 0.1) is 5.56 Å². The van der Waals surface area contributed by atoms with E-state index in [1.54, 1.807) is 0 Å². The molecule has 0 aliphatic rings. The maximum absolute atomic E-state index is 4.46. The van der Waals surface area contributed by atoms with Crippen LogP contribution in [0.5, 0.6) is 0 Å². The number of fused-ring (bicyclic) bond motifs is 1. The first-order valence-corrected chi connectivity index (χ1v) is 6.40. The maximum atomic E-state index is 4.46. The fraction of sp³-hybridized carbons (Fsp3) is 0.118. The van der Waals surface area contributed by atoms with E-state index in [4.69, 9.17) is 0 Å². The maximum Gasteiger partial charge on any atom is 0.138 e. The molecule has 2 heterocycles. The summed E-state index contributed by atoms with van der Waals surface area (Å²) in [5.74, 6) is 6.28. The highest BCUT2D eigenvalue weighted by molar-refractivity contribution is 5.87. The number of nitrogens with zero attached hydrogens (tertiary/aromatic N) is 1. The van der Waals surface area contributed by atoms with Crippen molar-refractivity contribution in [3.8, 4) is 23.0 Å². The molecule has 3 rings (SSSR count). The van der Waals surface area contributed by atoms with Crippen LogP contribution in [0.25, 0.3) is 22.2 Å². The van der Waals surface area contributed by atoms with E-state index in [0.717, 1.165) is 28.6 Å². The van der Waals surface area contributed by atoms with Crippen LogP contribution in [-0.2, 0) is 0 Å². The summed E-state index contributed by atoms with van der Waals surface area (Å²) in [6.07, 6.45) is 4.68. The highest BCUT2D eigenvalue weighted by Gasteiger charge is 2.05. The first-order valence-electron chi connectivity index (χ1n) is 6.40. The average molecular weight is 246 g/mol. The van der Waals surface area contributed by atoms with E-state index in [1.807, 2.05) is 30.6 Å². The molecule has 0 unspecified atom stereocenters. The standard InChI is InChI=1S/C17H14N2/c1-2-3-7-14-11-18-17-16(14)10-15(12-19-17)13-8-5-4-6-9-13/h4-6,8-12H,2H2,1H3,(H,18,19). The number of pyridine rings is 1. The van der Waals surface area contributed by atoms with E-state index >= 15 is 0 Å². The fourth-order valence-corrected chi connectivity index (χ4v) is 2.08. The Morgan fingerprint density at radius 1 is 1.16 bits per heavy atom. The van der Waals surface area contributed by atoms with Gasteiger partial charge < -0.3 is 4.98 Å². The Hall–Kier alpha value is -2.53. The third-order valence-corrected chi connectivity index (χ3v) is 3.04. The summed E-state index contributed by atoms with van der Waals surface area (Å²) < 4.78 is 0. The normalized spacial score (nSPS) is 10.2. The lowest BCUT2D eigenvalue weighted by molar-refractivity contribution is 1.28. The molecule has 1 aromatic carbocycles. The van der Waals surface area contributed by atoms with Crippen LogP contribution in [0.3, 0.4) is 0 Å². The van der Waals surface area contributed by atoms with Gasteiger partial charge in [0.25, 0.3) is 0 Å². The van der Waals surface area contributed by atoms with E-state index in [-0.39, 0.29) is 0 Å². The van der Waals surface area contributed by atoms with E-state index in [2.05, 4.69) is 46.9 Å². The largest absolute Gasteiger partial charge is 0.345 e. The van der Waals surface area contributed by atoms with Gasteiger partial charge in [-0.2, -0.15) is 0 Å². The van der Waals surface area contributed by atoms with Gasteiger partial charge >= 0.3 is 0 Å². The van der Waals surface area contributed by atoms with Crippen molar-refractivity contribution in [3.63, 3.8) is 0 Å². The molecule has 0 saturated heterocycles. The molecule has 0 saturated carbocycles. The minimum atomic E-state index is 0.860. The Bertz CT molecular complexity index is 758. The molecule has 0 radical (unpaired) electrons. The fourth-order valence-electron chi connectivity index (χ4n) is 2.08. The molecule has 0 spiro atoms. The number of aromatic nitrogens is 2. The first kappa shape index (κ1) is 11.6. The predicted molar refractivity (Wildman–Crippen MR) is 78.7 cm³/mol. The molecule has 19 heavy (non-hydrogen) atoms. The second kappa shape index (κ2) is 4.99. The molecule has 2 heteroatoms. The van der Waals surface area contributed by atoms with Crippen molar-refractivity contribution in [1.29, 1.82) is 0 Å². The van der Waals surface area contributed by atoms with Crippen LogP contribution in [0.1, 0.15) is 18.9 Å².